The Bertz CT molecular complexity index is 764. The lowest BCUT2D eigenvalue weighted by Crippen LogP contribution is -2.41. The Kier molecular flexibility index (Phi) is 7.39. The van der Waals surface area contributed by atoms with E-state index in [1.165, 1.54) is 11.1 Å². The predicted molar refractivity (Wildman–Crippen MR) is 107 cm³/mol. The Morgan fingerprint density at radius 2 is 2.04 bits per heavy atom. The fourth-order valence-electron chi connectivity index (χ4n) is 3.29. The molecule has 0 fully saturated rings. The average Bonchev–Trinajstić information content (AvgIpc) is 3.13. The fraction of sp³-hybridized carbons (Fsp3) is 0.550. The van der Waals surface area contributed by atoms with Gasteiger partial charge in [0.05, 0.1) is 0 Å². The first-order valence-corrected chi connectivity index (χ1v) is 9.40. The molecule has 1 aromatic heterocycles. The highest BCUT2D eigenvalue weighted by molar-refractivity contribution is 5.85. The number of carbonyl (C=O) groups is 1. The number of likely N-dealkylation sites (N-methyl/N-ethyl adjacent to an activating group) is 1. The first kappa shape index (κ1) is 21.4. The average molecular weight is 393 g/mol. The van der Waals surface area contributed by atoms with Crippen molar-refractivity contribution in [3.05, 3.63) is 47.1 Å². The first-order chi connectivity index (χ1) is 12.5. The van der Waals surface area contributed by atoms with E-state index in [4.69, 9.17) is 4.52 Å². The molecule has 3 rings (SSSR count). The van der Waals surface area contributed by atoms with Crippen LogP contribution in [0, 0.1) is 5.92 Å². The van der Waals surface area contributed by atoms with Gasteiger partial charge in [-0.15, -0.1) is 12.4 Å². The summed E-state index contributed by atoms with van der Waals surface area (Å²) in [5, 5.41) is 7.31. The molecule has 0 saturated carbocycles. The van der Waals surface area contributed by atoms with Gasteiger partial charge < -0.3 is 14.7 Å². The van der Waals surface area contributed by atoms with Crippen LogP contribution in [0.2, 0.25) is 0 Å². The number of hydrogen-bond acceptors (Lipinski definition) is 5. The molecule has 0 bridgehead atoms. The van der Waals surface area contributed by atoms with Crippen LogP contribution in [0.3, 0.4) is 0 Å². The highest BCUT2D eigenvalue weighted by Crippen LogP contribution is 2.34. The van der Waals surface area contributed by atoms with E-state index in [-0.39, 0.29) is 36.3 Å². The van der Waals surface area contributed by atoms with Crippen LogP contribution >= 0.6 is 12.4 Å². The lowest BCUT2D eigenvalue weighted by molar-refractivity contribution is -0.139. The fourth-order valence-corrected chi connectivity index (χ4v) is 3.29. The molecule has 0 saturated heterocycles. The van der Waals surface area contributed by atoms with Crippen LogP contribution in [0.1, 0.15) is 56.1 Å². The molecule has 148 valence electrons. The molecule has 6 nitrogen and oxygen atoms in total. The van der Waals surface area contributed by atoms with Crippen molar-refractivity contribution in [3.63, 3.8) is 0 Å². The smallest absolute Gasteiger partial charge is 0.249 e. The molecular weight excluding hydrogens is 364 g/mol. The number of aromatic nitrogens is 2. The SMILES string of the molecule is CCC(C)C(=O)N1Cc2ccccc2CC1c1nc(CC(C)NC)no1.Cl. The first-order valence-electron chi connectivity index (χ1n) is 9.40. The van der Waals surface area contributed by atoms with Gasteiger partial charge in [-0.1, -0.05) is 43.3 Å². The van der Waals surface area contributed by atoms with E-state index in [0.29, 0.717) is 31.1 Å². The van der Waals surface area contributed by atoms with Crippen molar-refractivity contribution in [2.75, 3.05) is 7.05 Å². The van der Waals surface area contributed by atoms with E-state index in [1.54, 1.807) is 0 Å². The van der Waals surface area contributed by atoms with Gasteiger partial charge in [0.2, 0.25) is 11.8 Å². The van der Waals surface area contributed by atoms with Crippen LogP contribution in [0.15, 0.2) is 28.8 Å². The summed E-state index contributed by atoms with van der Waals surface area (Å²) >= 11 is 0. The second kappa shape index (κ2) is 9.33. The summed E-state index contributed by atoms with van der Waals surface area (Å²) in [6.45, 7) is 6.69. The lowest BCUT2D eigenvalue weighted by Gasteiger charge is -2.36. The Hall–Kier alpha value is -1.92. The van der Waals surface area contributed by atoms with Gasteiger partial charge in [0.15, 0.2) is 5.82 Å². The van der Waals surface area contributed by atoms with Crippen LogP contribution in [0.25, 0.3) is 0 Å². The third-order valence-electron chi connectivity index (χ3n) is 5.32. The Morgan fingerprint density at radius 3 is 2.70 bits per heavy atom. The van der Waals surface area contributed by atoms with Gasteiger partial charge in [-0.05, 0) is 31.5 Å². The summed E-state index contributed by atoms with van der Waals surface area (Å²) in [4.78, 5) is 19.5. The summed E-state index contributed by atoms with van der Waals surface area (Å²) in [7, 11) is 1.91. The largest absolute Gasteiger partial charge is 0.337 e. The number of benzene rings is 1. The van der Waals surface area contributed by atoms with E-state index >= 15 is 0 Å². The molecule has 2 aromatic rings. The zero-order chi connectivity index (χ0) is 18.7. The lowest BCUT2D eigenvalue weighted by atomic mass is 9.92. The van der Waals surface area contributed by atoms with Crippen molar-refractivity contribution in [1.82, 2.24) is 20.4 Å². The summed E-state index contributed by atoms with van der Waals surface area (Å²) in [6.07, 6.45) is 2.22. The minimum Gasteiger partial charge on any atom is -0.337 e. The summed E-state index contributed by atoms with van der Waals surface area (Å²) in [6, 6.07) is 8.34. The van der Waals surface area contributed by atoms with Gasteiger partial charge in [-0.25, -0.2) is 0 Å². The maximum Gasteiger partial charge on any atom is 0.249 e. The van der Waals surface area contributed by atoms with Gasteiger partial charge in [0, 0.05) is 31.3 Å². The zero-order valence-electron chi connectivity index (χ0n) is 16.4. The third-order valence-corrected chi connectivity index (χ3v) is 5.32. The normalized spacial score (nSPS) is 18.4. The molecule has 1 aromatic carbocycles. The van der Waals surface area contributed by atoms with Crippen molar-refractivity contribution < 1.29 is 9.32 Å². The Morgan fingerprint density at radius 1 is 1.33 bits per heavy atom. The molecule has 1 aliphatic rings. The number of nitrogens with zero attached hydrogens (tertiary/aromatic N) is 3. The molecule has 2 heterocycles. The number of amides is 1. The number of rotatable bonds is 6. The van der Waals surface area contributed by atoms with Gasteiger partial charge in [-0.3, -0.25) is 4.79 Å². The second-order valence-corrected chi connectivity index (χ2v) is 7.21. The van der Waals surface area contributed by atoms with Crippen molar-refractivity contribution in [3.8, 4) is 0 Å². The predicted octanol–water partition coefficient (Wildman–Crippen LogP) is 3.31. The number of halogens is 1. The molecule has 3 atom stereocenters. The van der Waals surface area contributed by atoms with Gasteiger partial charge in [0.1, 0.15) is 6.04 Å². The molecule has 1 aliphatic heterocycles. The van der Waals surface area contributed by atoms with Crippen LogP contribution in [0.4, 0.5) is 0 Å². The molecule has 0 radical (unpaired) electrons. The zero-order valence-corrected chi connectivity index (χ0v) is 17.3. The van der Waals surface area contributed by atoms with Gasteiger partial charge in [0.25, 0.3) is 0 Å². The molecule has 1 N–H and O–H groups in total. The molecule has 3 unspecified atom stereocenters. The van der Waals surface area contributed by atoms with Crippen molar-refractivity contribution >= 4 is 18.3 Å². The maximum absolute atomic E-state index is 13.0. The standard InChI is InChI=1S/C20H28N4O2.ClH/c1-5-13(2)20(25)24-12-16-9-7-6-8-15(16)11-17(24)19-22-18(23-26-19)10-14(3)21-4;/h6-9,13-14,17,21H,5,10-12H2,1-4H3;1H. The molecule has 0 aliphatic carbocycles. The Balaban J connectivity index is 0.00000261. The topological polar surface area (TPSA) is 71.3 Å². The highest BCUT2D eigenvalue weighted by atomic mass is 35.5. The van der Waals surface area contributed by atoms with E-state index in [1.807, 2.05) is 37.9 Å². The van der Waals surface area contributed by atoms with Crippen LogP contribution in [-0.2, 0) is 24.2 Å². The van der Waals surface area contributed by atoms with Crippen molar-refractivity contribution in [2.45, 2.75) is 58.7 Å². The second-order valence-electron chi connectivity index (χ2n) is 7.21. The van der Waals surface area contributed by atoms with Crippen LogP contribution in [0.5, 0.6) is 0 Å². The Labute approximate surface area is 167 Å². The summed E-state index contributed by atoms with van der Waals surface area (Å²) < 4.78 is 5.58. The minimum absolute atomic E-state index is 0. The minimum atomic E-state index is -0.197. The summed E-state index contributed by atoms with van der Waals surface area (Å²) in [5.74, 6) is 1.34. The number of fused-ring (bicyclic) bond motifs is 1. The maximum atomic E-state index is 13.0. The van der Waals surface area contributed by atoms with Gasteiger partial charge >= 0.3 is 0 Å². The van der Waals surface area contributed by atoms with E-state index < -0.39 is 0 Å². The molecular formula is C20H29ClN4O2. The van der Waals surface area contributed by atoms with E-state index in [9.17, 15) is 4.79 Å². The van der Waals surface area contributed by atoms with E-state index in [0.717, 1.165) is 6.42 Å². The number of hydrogen-bond donors (Lipinski definition) is 1. The molecule has 1 amide bonds. The van der Waals surface area contributed by atoms with E-state index in [2.05, 4.69) is 34.5 Å². The third kappa shape index (κ3) is 4.68. The number of carbonyl (C=O) groups excluding carboxylic acids is 1. The molecule has 0 spiro atoms. The van der Waals surface area contributed by atoms with Crippen LogP contribution < -0.4 is 5.32 Å². The molecule has 27 heavy (non-hydrogen) atoms. The molecule has 7 heteroatoms. The quantitative estimate of drug-likeness (QED) is 0.816. The van der Waals surface area contributed by atoms with Crippen molar-refractivity contribution in [2.24, 2.45) is 5.92 Å². The van der Waals surface area contributed by atoms with Crippen LogP contribution in [-0.4, -0.2) is 34.0 Å². The van der Waals surface area contributed by atoms with Crippen molar-refractivity contribution in [1.29, 1.82) is 0 Å². The summed E-state index contributed by atoms with van der Waals surface area (Å²) in [5.41, 5.74) is 2.44. The highest BCUT2D eigenvalue weighted by Gasteiger charge is 2.35. The van der Waals surface area contributed by atoms with Gasteiger partial charge in [-0.2, -0.15) is 4.98 Å². The number of nitrogens with one attached hydrogen (secondary N) is 1. The monoisotopic (exact) mass is 392 g/mol.